The van der Waals surface area contributed by atoms with E-state index in [0.717, 1.165) is 43.4 Å². The Bertz CT molecular complexity index is 1450. The standard InChI is InChI=1S/C41H45N/c1-3-4-5-6-10-17-33-22-26-37(27-23-33)41(30-15-9-16-31-41)38-28-24-35(25-29-38)39(34-18-11-7-12-19-34)32-40(42-2)36-20-13-8-14-21-36/h3,6,8,10-11,13-14,18-29,32H,1,4-5,7,9,12,15-17,30-31H2,2H3/b10-6-,39-32+,42-40?. The fourth-order valence-corrected chi connectivity index (χ4v) is 6.55. The summed E-state index contributed by atoms with van der Waals surface area (Å²) in [5.41, 5.74) is 10.3. The van der Waals surface area contributed by atoms with E-state index in [0.29, 0.717) is 0 Å². The van der Waals surface area contributed by atoms with E-state index in [-0.39, 0.29) is 5.41 Å². The summed E-state index contributed by atoms with van der Waals surface area (Å²) < 4.78 is 0. The van der Waals surface area contributed by atoms with Gasteiger partial charge in [0.05, 0.1) is 5.71 Å². The van der Waals surface area contributed by atoms with Crippen molar-refractivity contribution < 1.29 is 0 Å². The van der Waals surface area contributed by atoms with E-state index in [1.54, 1.807) is 0 Å². The van der Waals surface area contributed by atoms with Crippen LogP contribution in [0, 0.1) is 0 Å². The first-order chi connectivity index (χ1) is 20.7. The molecule has 5 rings (SSSR count). The van der Waals surface area contributed by atoms with Crippen LogP contribution in [0.25, 0.3) is 5.57 Å². The summed E-state index contributed by atoms with van der Waals surface area (Å²) >= 11 is 0. The number of allylic oxidation sites excluding steroid dienone is 9. The highest BCUT2D eigenvalue weighted by Crippen LogP contribution is 2.45. The third kappa shape index (κ3) is 7.08. The van der Waals surface area contributed by atoms with E-state index in [1.807, 2.05) is 13.1 Å². The van der Waals surface area contributed by atoms with Crippen LogP contribution in [0.3, 0.4) is 0 Å². The highest BCUT2D eigenvalue weighted by atomic mass is 14.7. The molecule has 2 aliphatic rings. The first-order valence-corrected chi connectivity index (χ1v) is 15.8. The maximum atomic E-state index is 4.68. The number of hydrogen-bond donors (Lipinski definition) is 0. The van der Waals surface area contributed by atoms with Crippen LogP contribution in [-0.2, 0) is 11.8 Å². The molecule has 3 aromatic carbocycles. The minimum atomic E-state index is 0.0864. The van der Waals surface area contributed by atoms with E-state index < -0.39 is 0 Å². The molecular weight excluding hydrogens is 506 g/mol. The molecule has 0 N–H and O–H groups in total. The van der Waals surface area contributed by atoms with Crippen molar-refractivity contribution in [2.75, 3.05) is 7.05 Å². The molecule has 0 aliphatic heterocycles. The maximum absolute atomic E-state index is 4.68. The second-order valence-corrected chi connectivity index (χ2v) is 11.6. The highest BCUT2D eigenvalue weighted by molar-refractivity contribution is 6.13. The van der Waals surface area contributed by atoms with Gasteiger partial charge in [-0.1, -0.05) is 135 Å². The summed E-state index contributed by atoms with van der Waals surface area (Å²) in [5, 5.41) is 0. The minimum absolute atomic E-state index is 0.0864. The summed E-state index contributed by atoms with van der Waals surface area (Å²) in [6, 6.07) is 29.5. The molecule has 0 saturated heterocycles. The molecule has 214 valence electrons. The Hall–Kier alpha value is -3.97. The van der Waals surface area contributed by atoms with Gasteiger partial charge in [-0.15, -0.1) is 6.58 Å². The number of unbranched alkanes of at least 4 members (excludes halogenated alkanes) is 1. The Kier molecular flexibility index (Phi) is 10.4. The zero-order valence-electron chi connectivity index (χ0n) is 25.3. The molecule has 0 spiro atoms. The fraction of sp³-hybridized carbons (Fsp3) is 0.293. The third-order valence-electron chi connectivity index (χ3n) is 8.92. The molecule has 0 aromatic heterocycles. The lowest BCUT2D eigenvalue weighted by molar-refractivity contribution is 0.346. The largest absolute Gasteiger partial charge is 0.288 e. The van der Waals surface area contributed by atoms with Crippen molar-refractivity contribution in [3.05, 3.63) is 161 Å². The monoisotopic (exact) mass is 551 g/mol. The van der Waals surface area contributed by atoms with Gasteiger partial charge in [-0.05, 0) is 90.0 Å². The Morgan fingerprint density at radius 2 is 1.50 bits per heavy atom. The van der Waals surface area contributed by atoms with Crippen LogP contribution in [0.4, 0.5) is 0 Å². The lowest BCUT2D eigenvalue weighted by atomic mass is 9.65. The van der Waals surface area contributed by atoms with Crippen LogP contribution in [0.2, 0.25) is 0 Å². The van der Waals surface area contributed by atoms with Crippen LogP contribution in [-0.4, -0.2) is 12.8 Å². The van der Waals surface area contributed by atoms with E-state index in [9.17, 15) is 0 Å². The van der Waals surface area contributed by atoms with Gasteiger partial charge >= 0.3 is 0 Å². The molecule has 0 heterocycles. The number of rotatable bonds is 11. The van der Waals surface area contributed by atoms with E-state index >= 15 is 0 Å². The summed E-state index contributed by atoms with van der Waals surface area (Å²) in [4.78, 5) is 4.68. The predicted molar refractivity (Wildman–Crippen MR) is 182 cm³/mol. The fourth-order valence-electron chi connectivity index (χ4n) is 6.55. The van der Waals surface area contributed by atoms with Crippen molar-refractivity contribution in [3.63, 3.8) is 0 Å². The molecule has 0 atom stereocenters. The van der Waals surface area contributed by atoms with Crippen molar-refractivity contribution in [3.8, 4) is 0 Å². The summed E-state index contributed by atoms with van der Waals surface area (Å²) in [5.74, 6) is 0. The predicted octanol–water partition coefficient (Wildman–Crippen LogP) is 10.8. The zero-order chi connectivity index (χ0) is 29.0. The van der Waals surface area contributed by atoms with Crippen molar-refractivity contribution in [1.82, 2.24) is 0 Å². The molecule has 1 saturated carbocycles. The zero-order valence-corrected chi connectivity index (χ0v) is 25.3. The molecule has 3 aromatic rings. The Morgan fingerprint density at radius 3 is 2.14 bits per heavy atom. The Morgan fingerprint density at radius 1 is 0.786 bits per heavy atom. The van der Waals surface area contributed by atoms with Crippen molar-refractivity contribution in [1.29, 1.82) is 0 Å². The van der Waals surface area contributed by atoms with Gasteiger partial charge in [-0.25, -0.2) is 0 Å². The molecule has 1 heteroatoms. The van der Waals surface area contributed by atoms with Crippen LogP contribution in [0.15, 0.2) is 139 Å². The molecule has 1 nitrogen and oxygen atoms in total. The van der Waals surface area contributed by atoms with Gasteiger partial charge in [0, 0.05) is 12.5 Å². The highest BCUT2D eigenvalue weighted by Gasteiger charge is 2.35. The number of benzene rings is 3. The van der Waals surface area contributed by atoms with E-state index in [1.165, 1.54) is 65.5 Å². The van der Waals surface area contributed by atoms with Crippen molar-refractivity contribution in [2.24, 2.45) is 4.99 Å². The number of nitrogens with zero attached hydrogens (tertiary/aromatic N) is 1. The lowest BCUT2D eigenvalue weighted by Gasteiger charge is -2.39. The van der Waals surface area contributed by atoms with Crippen LogP contribution in [0.5, 0.6) is 0 Å². The van der Waals surface area contributed by atoms with Crippen molar-refractivity contribution >= 4 is 11.3 Å². The van der Waals surface area contributed by atoms with Gasteiger partial charge in [-0.3, -0.25) is 4.99 Å². The third-order valence-corrected chi connectivity index (χ3v) is 8.92. The Balaban J connectivity index is 1.45. The Labute approximate surface area is 253 Å². The lowest BCUT2D eigenvalue weighted by Crippen LogP contribution is -2.30. The van der Waals surface area contributed by atoms with Gasteiger partial charge in [0.25, 0.3) is 0 Å². The first-order valence-electron chi connectivity index (χ1n) is 15.8. The SMILES string of the molecule is C=CCC/C=C\Cc1ccc(C2(c3ccc(/C(=C/C(=NC)c4ccccc4)C4=CCCC=C4)cc3)CCCCC2)cc1. The van der Waals surface area contributed by atoms with E-state index in [4.69, 9.17) is 0 Å². The number of aliphatic imine (C=N–C) groups is 1. The first kappa shape index (κ1) is 29.5. The van der Waals surface area contributed by atoms with Gasteiger partial charge in [0.1, 0.15) is 0 Å². The summed E-state index contributed by atoms with van der Waals surface area (Å²) in [7, 11) is 1.89. The molecule has 2 aliphatic carbocycles. The average Bonchev–Trinajstić information content (AvgIpc) is 3.07. The maximum Gasteiger partial charge on any atom is 0.0649 e. The smallest absolute Gasteiger partial charge is 0.0649 e. The van der Waals surface area contributed by atoms with E-state index in [2.05, 4.69) is 127 Å². The van der Waals surface area contributed by atoms with Crippen LogP contribution in [0.1, 0.15) is 85.6 Å². The quantitative estimate of drug-likeness (QED) is 0.128. The normalized spacial score (nSPS) is 17.3. The van der Waals surface area contributed by atoms with Gasteiger partial charge in [0.2, 0.25) is 0 Å². The van der Waals surface area contributed by atoms with Gasteiger partial charge in [0.15, 0.2) is 0 Å². The summed E-state index contributed by atoms with van der Waals surface area (Å²) in [6.07, 6.45) is 27.4. The van der Waals surface area contributed by atoms with Crippen molar-refractivity contribution in [2.45, 2.75) is 69.6 Å². The second-order valence-electron chi connectivity index (χ2n) is 11.6. The topological polar surface area (TPSA) is 12.4 Å². The molecular formula is C41H45N. The van der Waals surface area contributed by atoms with Crippen LogP contribution < -0.4 is 0 Å². The van der Waals surface area contributed by atoms with Crippen LogP contribution >= 0.6 is 0 Å². The average molecular weight is 552 g/mol. The van der Waals surface area contributed by atoms with Gasteiger partial charge < -0.3 is 0 Å². The molecule has 0 radical (unpaired) electrons. The summed E-state index contributed by atoms with van der Waals surface area (Å²) in [6.45, 7) is 3.82. The number of hydrogen-bond acceptors (Lipinski definition) is 1. The van der Waals surface area contributed by atoms with Gasteiger partial charge in [-0.2, -0.15) is 0 Å². The molecule has 1 fully saturated rings. The molecule has 0 bridgehead atoms. The molecule has 0 amide bonds. The minimum Gasteiger partial charge on any atom is -0.288 e. The molecule has 0 unspecified atom stereocenters. The second kappa shape index (κ2) is 14.8. The molecule has 42 heavy (non-hydrogen) atoms.